The largest absolute Gasteiger partial charge is 0.357 e. The zero-order valence-electron chi connectivity index (χ0n) is 14.3. The molecule has 0 aliphatic heterocycles. The first-order valence-corrected chi connectivity index (χ1v) is 9.41. The molecule has 1 aromatic carbocycles. The standard InChI is InChI=1S/C16H27N3O2S.HI/c1-5-17-15(19-13-16(2,3)22(4,20)21)18-12-11-14-9-7-6-8-10-14;/h6-10H,5,11-13H2,1-4H3,(H2,17,18,19);1H. The summed E-state index contributed by atoms with van der Waals surface area (Å²) >= 11 is 0. The van der Waals surface area contributed by atoms with Gasteiger partial charge in [-0.3, -0.25) is 4.99 Å². The lowest BCUT2D eigenvalue weighted by atomic mass is 10.1. The van der Waals surface area contributed by atoms with Gasteiger partial charge in [0.25, 0.3) is 0 Å². The second-order valence-electron chi connectivity index (χ2n) is 5.89. The Hall–Kier alpha value is -0.830. The van der Waals surface area contributed by atoms with Gasteiger partial charge < -0.3 is 10.6 Å². The topological polar surface area (TPSA) is 70.6 Å². The van der Waals surface area contributed by atoms with E-state index in [2.05, 4.69) is 27.8 Å². The lowest BCUT2D eigenvalue weighted by molar-refractivity contribution is 0.554. The second kappa shape index (κ2) is 10.1. The molecule has 0 fully saturated rings. The van der Waals surface area contributed by atoms with E-state index in [1.165, 1.54) is 11.8 Å². The van der Waals surface area contributed by atoms with Gasteiger partial charge in [-0.05, 0) is 32.8 Å². The van der Waals surface area contributed by atoms with Crippen LogP contribution in [-0.2, 0) is 16.3 Å². The summed E-state index contributed by atoms with van der Waals surface area (Å²) in [5.41, 5.74) is 1.25. The van der Waals surface area contributed by atoms with Crippen molar-refractivity contribution in [1.82, 2.24) is 10.6 Å². The molecule has 0 radical (unpaired) electrons. The van der Waals surface area contributed by atoms with Crippen molar-refractivity contribution >= 4 is 39.8 Å². The molecule has 0 aliphatic carbocycles. The predicted octanol–water partition coefficient (Wildman–Crippen LogP) is 2.23. The van der Waals surface area contributed by atoms with Crippen molar-refractivity contribution in [2.45, 2.75) is 31.9 Å². The Balaban J connectivity index is 0.00000484. The van der Waals surface area contributed by atoms with E-state index in [1.54, 1.807) is 13.8 Å². The average molecular weight is 453 g/mol. The molecular formula is C16H28IN3O2S. The van der Waals surface area contributed by atoms with Gasteiger partial charge in [-0.2, -0.15) is 0 Å². The summed E-state index contributed by atoms with van der Waals surface area (Å²) in [6.45, 7) is 7.08. The van der Waals surface area contributed by atoms with Gasteiger partial charge in [0.2, 0.25) is 0 Å². The summed E-state index contributed by atoms with van der Waals surface area (Å²) in [5, 5.41) is 6.37. The number of sulfone groups is 1. The van der Waals surface area contributed by atoms with Crippen molar-refractivity contribution in [1.29, 1.82) is 0 Å². The van der Waals surface area contributed by atoms with Crippen LogP contribution >= 0.6 is 24.0 Å². The number of benzene rings is 1. The summed E-state index contributed by atoms with van der Waals surface area (Å²) in [6.07, 6.45) is 2.14. The van der Waals surface area contributed by atoms with E-state index in [0.29, 0.717) is 5.96 Å². The maximum Gasteiger partial charge on any atom is 0.191 e. The SMILES string of the molecule is CCNC(=NCC(C)(C)S(C)(=O)=O)NCCc1ccccc1.I. The smallest absolute Gasteiger partial charge is 0.191 e. The second-order valence-corrected chi connectivity index (χ2v) is 8.54. The third-order valence-electron chi connectivity index (χ3n) is 3.51. The minimum Gasteiger partial charge on any atom is -0.357 e. The molecular weight excluding hydrogens is 425 g/mol. The molecule has 1 aromatic rings. The van der Waals surface area contributed by atoms with Crippen LogP contribution < -0.4 is 10.6 Å². The lowest BCUT2D eigenvalue weighted by Crippen LogP contribution is -2.41. The summed E-state index contributed by atoms with van der Waals surface area (Å²) in [4.78, 5) is 4.40. The Morgan fingerprint density at radius 2 is 1.78 bits per heavy atom. The van der Waals surface area contributed by atoms with Crippen LogP contribution in [0.15, 0.2) is 35.3 Å². The maximum atomic E-state index is 11.7. The number of hydrogen-bond acceptors (Lipinski definition) is 3. The average Bonchev–Trinajstić information content (AvgIpc) is 2.45. The molecule has 23 heavy (non-hydrogen) atoms. The first-order valence-electron chi connectivity index (χ1n) is 7.52. The highest BCUT2D eigenvalue weighted by molar-refractivity contribution is 14.0. The molecule has 0 amide bonds. The highest BCUT2D eigenvalue weighted by Gasteiger charge is 2.29. The van der Waals surface area contributed by atoms with E-state index < -0.39 is 14.6 Å². The molecule has 0 bridgehead atoms. The number of hydrogen-bond donors (Lipinski definition) is 2. The van der Waals surface area contributed by atoms with Gasteiger partial charge in [-0.1, -0.05) is 30.3 Å². The zero-order valence-corrected chi connectivity index (χ0v) is 17.4. The molecule has 5 nitrogen and oxygen atoms in total. The summed E-state index contributed by atoms with van der Waals surface area (Å²) < 4.78 is 22.6. The number of rotatable bonds is 7. The van der Waals surface area contributed by atoms with E-state index in [1.807, 2.05) is 25.1 Å². The monoisotopic (exact) mass is 453 g/mol. The minimum atomic E-state index is -3.14. The maximum absolute atomic E-state index is 11.7. The van der Waals surface area contributed by atoms with Crippen LogP contribution in [0.4, 0.5) is 0 Å². The molecule has 0 spiro atoms. The van der Waals surface area contributed by atoms with E-state index in [-0.39, 0.29) is 30.5 Å². The van der Waals surface area contributed by atoms with Crippen molar-refractivity contribution in [2.24, 2.45) is 4.99 Å². The first kappa shape index (κ1) is 22.2. The Kier molecular flexibility index (Phi) is 9.76. The molecule has 1 rings (SSSR count). The van der Waals surface area contributed by atoms with Gasteiger partial charge in [0, 0.05) is 19.3 Å². The van der Waals surface area contributed by atoms with Crippen molar-refractivity contribution in [3.63, 3.8) is 0 Å². The molecule has 0 unspecified atom stereocenters. The highest BCUT2D eigenvalue weighted by Crippen LogP contribution is 2.15. The van der Waals surface area contributed by atoms with Crippen LogP contribution in [0.5, 0.6) is 0 Å². The fourth-order valence-electron chi connectivity index (χ4n) is 1.70. The van der Waals surface area contributed by atoms with Gasteiger partial charge in [-0.15, -0.1) is 24.0 Å². The number of aliphatic imine (C=N–C) groups is 1. The Bertz CT molecular complexity index is 587. The summed E-state index contributed by atoms with van der Waals surface area (Å²) in [5.74, 6) is 0.648. The molecule has 0 saturated heterocycles. The molecule has 0 saturated carbocycles. The Morgan fingerprint density at radius 3 is 2.30 bits per heavy atom. The molecule has 7 heteroatoms. The quantitative estimate of drug-likeness (QED) is 0.378. The van der Waals surface area contributed by atoms with Gasteiger partial charge in [0.1, 0.15) is 0 Å². The van der Waals surface area contributed by atoms with E-state index in [4.69, 9.17) is 0 Å². The van der Waals surface area contributed by atoms with Crippen LogP contribution in [0.25, 0.3) is 0 Å². The number of nitrogens with one attached hydrogen (secondary N) is 2. The van der Waals surface area contributed by atoms with Gasteiger partial charge in [0.05, 0.1) is 11.3 Å². The summed E-state index contributed by atoms with van der Waals surface area (Å²) in [6, 6.07) is 10.2. The van der Waals surface area contributed by atoms with E-state index in [9.17, 15) is 8.42 Å². The summed E-state index contributed by atoms with van der Waals surface area (Å²) in [7, 11) is -3.14. The zero-order chi connectivity index (χ0) is 16.6. The Morgan fingerprint density at radius 1 is 1.17 bits per heavy atom. The first-order chi connectivity index (χ1) is 10.3. The minimum absolute atomic E-state index is 0. The predicted molar refractivity (Wildman–Crippen MR) is 108 cm³/mol. The van der Waals surface area contributed by atoms with Crippen LogP contribution in [0, 0.1) is 0 Å². The van der Waals surface area contributed by atoms with Crippen LogP contribution in [0.2, 0.25) is 0 Å². The van der Waals surface area contributed by atoms with E-state index >= 15 is 0 Å². The third-order valence-corrected chi connectivity index (χ3v) is 5.65. The van der Waals surface area contributed by atoms with Crippen LogP contribution in [0.1, 0.15) is 26.3 Å². The fraction of sp³-hybridized carbons (Fsp3) is 0.562. The molecule has 0 aromatic heterocycles. The Labute approximate surface area is 157 Å². The molecule has 0 aliphatic rings. The molecule has 0 heterocycles. The molecule has 0 atom stereocenters. The molecule has 2 N–H and O–H groups in total. The van der Waals surface area contributed by atoms with Gasteiger partial charge >= 0.3 is 0 Å². The van der Waals surface area contributed by atoms with Crippen molar-refractivity contribution in [3.8, 4) is 0 Å². The third kappa shape index (κ3) is 8.01. The number of nitrogens with zero attached hydrogens (tertiary/aromatic N) is 1. The van der Waals surface area contributed by atoms with Gasteiger partial charge in [-0.25, -0.2) is 8.42 Å². The van der Waals surface area contributed by atoms with Crippen LogP contribution in [-0.4, -0.2) is 45.0 Å². The highest BCUT2D eigenvalue weighted by atomic mass is 127. The number of guanidine groups is 1. The van der Waals surface area contributed by atoms with Crippen molar-refractivity contribution in [2.75, 3.05) is 25.9 Å². The lowest BCUT2D eigenvalue weighted by Gasteiger charge is -2.21. The van der Waals surface area contributed by atoms with E-state index in [0.717, 1.165) is 19.5 Å². The molecule has 132 valence electrons. The van der Waals surface area contributed by atoms with Crippen molar-refractivity contribution < 1.29 is 8.42 Å². The number of halogens is 1. The van der Waals surface area contributed by atoms with Crippen molar-refractivity contribution in [3.05, 3.63) is 35.9 Å². The van der Waals surface area contributed by atoms with Crippen LogP contribution in [0.3, 0.4) is 0 Å². The fourth-order valence-corrected chi connectivity index (χ4v) is 2.00. The normalized spacial score (nSPS) is 12.4. The van der Waals surface area contributed by atoms with Gasteiger partial charge in [0.15, 0.2) is 15.8 Å².